The third-order valence-corrected chi connectivity index (χ3v) is 5.00. The van der Waals surface area contributed by atoms with Crippen LogP contribution in [0.2, 0.25) is 0 Å². The smallest absolute Gasteiger partial charge is 0.368 e. The van der Waals surface area contributed by atoms with Crippen LogP contribution < -0.4 is 10.2 Å². The van der Waals surface area contributed by atoms with Crippen molar-refractivity contribution in [2.75, 3.05) is 18.0 Å². The predicted octanol–water partition coefficient (Wildman–Crippen LogP) is 3.59. The number of carbonyl (C=O) groups excluding carboxylic acids is 1. The molecule has 1 fully saturated rings. The van der Waals surface area contributed by atoms with Crippen LogP contribution in [-0.2, 0) is 17.4 Å². The van der Waals surface area contributed by atoms with Crippen LogP contribution in [0.3, 0.4) is 0 Å². The van der Waals surface area contributed by atoms with Gasteiger partial charge in [-0.3, -0.25) is 14.8 Å². The molecular weight excluding hydrogens is 381 g/mol. The second-order valence-electron chi connectivity index (χ2n) is 7.14. The third-order valence-electron chi connectivity index (χ3n) is 5.00. The molecule has 5 nitrogen and oxygen atoms in total. The van der Waals surface area contributed by atoms with E-state index in [9.17, 15) is 18.0 Å². The fourth-order valence-electron chi connectivity index (χ4n) is 3.55. The first kappa shape index (κ1) is 19.2. The summed E-state index contributed by atoms with van der Waals surface area (Å²) in [6.45, 7) is 1.02. The Morgan fingerprint density at radius 2 is 2.07 bits per heavy atom. The number of halogens is 3. The molecule has 1 N–H and O–H groups in total. The minimum Gasteiger partial charge on any atom is -0.368 e. The minimum absolute atomic E-state index is 0.115. The van der Waals surface area contributed by atoms with Gasteiger partial charge in [0.25, 0.3) is 0 Å². The van der Waals surface area contributed by atoms with Crippen molar-refractivity contribution < 1.29 is 18.0 Å². The van der Waals surface area contributed by atoms with Crippen molar-refractivity contribution in [2.45, 2.75) is 25.1 Å². The summed E-state index contributed by atoms with van der Waals surface area (Å²) >= 11 is 0. The number of pyridine rings is 2. The summed E-state index contributed by atoms with van der Waals surface area (Å²) in [5, 5.41) is 3.99. The lowest BCUT2D eigenvalue weighted by atomic mass is 10.1. The van der Waals surface area contributed by atoms with Crippen molar-refractivity contribution in [1.82, 2.24) is 15.3 Å². The van der Waals surface area contributed by atoms with Crippen molar-refractivity contribution in [3.63, 3.8) is 0 Å². The van der Waals surface area contributed by atoms with E-state index in [0.717, 1.165) is 28.7 Å². The highest BCUT2D eigenvalue weighted by molar-refractivity contribution is 5.83. The lowest BCUT2D eigenvalue weighted by Crippen LogP contribution is -2.38. The van der Waals surface area contributed by atoms with E-state index in [2.05, 4.69) is 15.3 Å². The van der Waals surface area contributed by atoms with Crippen molar-refractivity contribution in [1.29, 1.82) is 0 Å². The van der Waals surface area contributed by atoms with E-state index in [0.29, 0.717) is 25.2 Å². The Morgan fingerprint density at radius 1 is 1.21 bits per heavy atom. The van der Waals surface area contributed by atoms with Gasteiger partial charge in [-0.2, -0.15) is 13.2 Å². The Balaban J connectivity index is 1.36. The summed E-state index contributed by atoms with van der Waals surface area (Å²) in [6, 6.07) is 10.5. The van der Waals surface area contributed by atoms with Crippen LogP contribution in [0.25, 0.3) is 10.9 Å². The van der Waals surface area contributed by atoms with E-state index in [1.165, 1.54) is 6.20 Å². The van der Waals surface area contributed by atoms with Gasteiger partial charge in [0.15, 0.2) is 0 Å². The quantitative estimate of drug-likeness (QED) is 0.727. The minimum atomic E-state index is -4.43. The van der Waals surface area contributed by atoms with Gasteiger partial charge in [-0.1, -0.05) is 18.2 Å². The molecule has 0 radical (unpaired) electrons. The fraction of sp³-hybridized carbons (Fsp3) is 0.286. The Bertz CT molecular complexity index is 1040. The standard InChI is InChI=1S/C21H19F3N4O/c22-21(23,24)16-10-18(12-25-11-16)28-7-5-17(13-28)27-20(29)9-14-3-4-15-2-1-6-26-19(15)8-14/h1-4,6,8,10-12,17H,5,7,9,13H2,(H,27,29). The number of nitrogens with zero attached hydrogens (tertiary/aromatic N) is 3. The zero-order valence-corrected chi connectivity index (χ0v) is 15.5. The average Bonchev–Trinajstić information content (AvgIpc) is 3.15. The molecule has 1 aliphatic heterocycles. The molecule has 4 rings (SSSR count). The highest BCUT2D eigenvalue weighted by Gasteiger charge is 2.32. The summed E-state index contributed by atoms with van der Waals surface area (Å²) in [4.78, 5) is 22.2. The third kappa shape index (κ3) is 4.47. The Labute approximate surface area is 165 Å². The van der Waals surface area contributed by atoms with Gasteiger partial charge in [-0.05, 0) is 30.2 Å². The van der Waals surface area contributed by atoms with E-state index >= 15 is 0 Å². The molecule has 1 amide bonds. The number of anilines is 1. The van der Waals surface area contributed by atoms with E-state index in [1.807, 2.05) is 35.2 Å². The Hall–Kier alpha value is -3.16. The molecule has 0 aliphatic carbocycles. The second kappa shape index (κ2) is 7.69. The fourth-order valence-corrected chi connectivity index (χ4v) is 3.55. The summed E-state index contributed by atoms with van der Waals surface area (Å²) in [7, 11) is 0. The lowest BCUT2D eigenvalue weighted by molar-refractivity contribution is -0.137. The highest BCUT2D eigenvalue weighted by Crippen LogP contribution is 2.31. The van der Waals surface area contributed by atoms with Gasteiger partial charge in [0.05, 0.1) is 29.4 Å². The number of aromatic nitrogens is 2. The first-order valence-electron chi connectivity index (χ1n) is 9.29. The second-order valence-corrected chi connectivity index (χ2v) is 7.14. The van der Waals surface area contributed by atoms with Gasteiger partial charge in [-0.15, -0.1) is 0 Å². The van der Waals surface area contributed by atoms with Gasteiger partial charge < -0.3 is 10.2 Å². The number of nitrogens with one attached hydrogen (secondary N) is 1. The number of hydrogen-bond donors (Lipinski definition) is 1. The van der Waals surface area contributed by atoms with E-state index in [1.54, 1.807) is 6.20 Å². The van der Waals surface area contributed by atoms with E-state index in [4.69, 9.17) is 0 Å². The first-order chi connectivity index (χ1) is 13.9. The molecule has 1 saturated heterocycles. The van der Waals surface area contributed by atoms with Crippen LogP contribution in [0.5, 0.6) is 0 Å². The number of alkyl halides is 3. The van der Waals surface area contributed by atoms with Crippen LogP contribution in [-0.4, -0.2) is 35.0 Å². The molecule has 1 aromatic carbocycles. The number of benzene rings is 1. The Kier molecular flexibility index (Phi) is 5.08. The highest BCUT2D eigenvalue weighted by atomic mass is 19.4. The van der Waals surface area contributed by atoms with Crippen LogP contribution in [0.1, 0.15) is 17.5 Å². The molecule has 0 spiro atoms. The van der Waals surface area contributed by atoms with Crippen molar-refractivity contribution in [3.8, 4) is 0 Å². The maximum absolute atomic E-state index is 12.9. The summed E-state index contributed by atoms with van der Waals surface area (Å²) in [6.07, 6.45) is 0.418. The monoisotopic (exact) mass is 400 g/mol. The average molecular weight is 400 g/mol. The largest absolute Gasteiger partial charge is 0.417 e. The Morgan fingerprint density at radius 3 is 2.90 bits per heavy atom. The molecule has 1 aliphatic rings. The molecule has 3 heterocycles. The maximum atomic E-state index is 12.9. The molecule has 2 aromatic heterocycles. The van der Waals surface area contributed by atoms with Gasteiger partial charge >= 0.3 is 6.18 Å². The number of fused-ring (bicyclic) bond motifs is 1. The summed E-state index contributed by atoms with van der Waals surface area (Å²) < 4.78 is 38.7. The molecule has 0 bridgehead atoms. The molecule has 0 saturated carbocycles. The molecular formula is C21H19F3N4O. The van der Waals surface area contributed by atoms with Crippen molar-refractivity contribution >= 4 is 22.5 Å². The number of amides is 1. The van der Waals surface area contributed by atoms with E-state index < -0.39 is 11.7 Å². The van der Waals surface area contributed by atoms with E-state index in [-0.39, 0.29) is 18.4 Å². The summed E-state index contributed by atoms with van der Waals surface area (Å²) in [5.74, 6) is -0.116. The number of hydrogen-bond acceptors (Lipinski definition) is 4. The van der Waals surface area contributed by atoms with Crippen LogP contribution in [0, 0.1) is 0 Å². The molecule has 8 heteroatoms. The lowest BCUT2D eigenvalue weighted by Gasteiger charge is -2.20. The van der Waals surface area contributed by atoms with Crippen LogP contribution >= 0.6 is 0 Å². The molecule has 150 valence electrons. The van der Waals surface area contributed by atoms with Crippen LogP contribution in [0.4, 0.5) is 18.9 Å². The zero-order valence-electron chi connectivity index (χ0n) is 15.5. The molecule has 29 heavy (non-hydrogen) atoms. The zero-order chi connectivity index (χ0) is 20.4. The van der Waals surface area contributed by atoms with Gasteiger partial charge in [-0.25, -0.2) is 0 Å². The van der Waals surface area contributed by atoms with Gasteiger partial charge in [0.1, 0.15) is 0 Å². The topological polar surface area (TPSA) is 58.1 Å². The van der Waals surface area contributed by atoms with Crippen molar-refractivity contribution in [2.24, 2.45) is 0 Å². The van der Waals surface area contributed by atoms with Crippen molar-refractivity contribution in [3.05, 3.63) is 66.1 Å². The number of rotatable bonds is 4. The molecule has 1 atom stereocenters. The molecule has 1 unspecified atom stereocenters. The summed E-state index contributed by atoms with van der Waals surface area (Å²) in [5.41, 5.74) is 1.34. The van der Waals surface area contributed by atoms with Gasteiger partial charge in [0, 0.05) is 36.9 Å². The van der Waals surface area contributed by atoms with Crippen LogP contribution in [0.15, 0.2) is 55.0 Å². The van der Waals surface area contributed by atoms with Gasteiger partial charge in [0.2, 0.25) is 5.91 Å². The predicted molar refractivity (Wildman–Crippen MR) is 103 cm³/mol. The molecule has 3 aromatic rings. The first-order valence-corrected chi connectivity index (χ1v) is 9.29. The number of carbonyl (C=O) groups is 1. The maximum Gasteiger partial charge on any atom is 0.417 e. The SMILES string of the molecule is O=C(Cc1ccc2cccnc2c1)NC1CCN(c2cncc(C(F)(F)F)c2)C1. The normalized spacial score (nSPS) is 16.9.